The van der Waals surface area contributed by atoms with E-state index in [2.05, 4.69) is 25.6 Å². The fraction of sp³-hybridized carbons (Fsp3) is 0.0385. The number of carbonyl (C=O) groups is 1. The summed E-state index contributed by atoms with van der Waals surface area (Å²) in [6.45, 7) is 0. The van der Waals surface area contributed by atoms with Gasteiger partial charge in [-0.25, -0.2) is 14.8 Å². The highest BCUT2D eigenvalue weighted by molar-refractivity contribution is 5.92. The van der Waals surface area contributed by atoms with Crippen LogP contribution >= 0.6 is 0 Å². The first-order valence-electron chi connectivity index (χ1n) is 10.6. The number of aromatic amines is 1. The smallest absolute Gasteiger partial charge is 0.417 e. The average molecular weight is 451 g/mol. The Hall–Kier alpha value is -4.85. The van der Waals surface area contributed by atoms with Crippen LogP contribution in [0, 0.1) is 0 Å². The predicted molar refractivity (Wildman–Crippen MR) is 132 cm³/mol. The van der Waals surface area contributed by atoms with Gasteiger partial charge in [0.05, 0.1) is 12.8 Å². The minimum Gasteiger partial charge on any atom is -0.496 e. The van der Waals surface area contributed by atoms with Crippen molar-refractivity contribution < 1.29 is 14.3 Å². The molecule has 0 saturated heterocycles. The van der Waals surface area contributed by atoms with Gasteiger partial charge in [0.1, 0.15) is 17.9 Å². The van der Waals surface area contributed by atoms with Gasteiger partial charge >= 0.3 is 6.09 Å². The number of para-hydroxylation sites is 2. The van der Waals surface area contributed by atoms with Gasteiger partial charge in [-0.3, -0.25) is 5.32 Å². The quantitative estimate of drug-likeness (QED) is 0.293. The molecule has 0 aliphatic heterocycles. The summed E-state index contributed by atoms with van der Waals surface area (Å²) in [4.78, 5) is 24.1. The zero-order chi connectivity index (χ0) is 23.3. The van der Waals surface area contributed by atoms with Gasteiger partial charge in [0, 0.05) is 40.1 Å². The number of aromatic nitrogens is 3. The fourth-order valence-corrected chi connectivity index (χ4v) is 3.59. The summed E-state index contributed by atoms with van der Waals surface area (Å²) in [5, 5.41) is 6.83. The van der Waals surface area contributed by atoms with Crippen LogP contribution in [0.3, 0.4) is 0 Å². The molecular weight excluding hydrogens is 430 g/mol. The summed E-state index contributed by atoms with van der Waals surface area (Å²) in [7, 11) is 1.63. The van der Waals surface area contributed by atoms with Gasteiger partial charge in [-0.1, -0.05) is 24.3 Å². The van der Waals surface area contributed by atoms with Gasteiger partial charge in [0.2, 0.25) is 0 Å². The maximum Gasteiger partial charge on any atom is 0.417 e. The van der Waals surface area contributed by atoms with E-state index in [1.54, 1.807) is 25.4 Å². The Morgan fingerprint density at radius 3 is 2.50 bits per heavy atom. The molecule has 3 aromatic carbocycles. The van der Waals surface area contributed by atoms with E-state index in [1.165, 1.54) is 6.33 Å². The van der Waals surface area contributed by atoms with Crippen LogP contribution in [0.25, 0.3) is 22.2 Å². The number of anilines is 3. The third kappa shape index (κ3) is 4.51. The molecule has 8 heteroatoms. The van der Waals surface area contributed by atoms with Crippen LogP contribution in [-0.2, 0) is 0 Å². The highest BCUT2D eigenvalue weighted by Crippen LogP contribution is 2.29. The van der Waals surface area contributed by atoms with Crippen LogP contribution < -0.4 is 20.1 Å². The minimum absolute atomic E-state index is 0.473. The Kier molecular flexibility index (Phi) is 5.77. The molecule has 34 heavy (non-hydrogen) atoms. The number of amides is 1. The standard InChI is InChI=1S/C26H21N5O3/c1-33-23-9-5-3-7-20(23)22-14-25(29-16-28-22)30-17-10-12-18(13-11-17)31-26(32)34-24-15-27-21-8-4-2-6-19(21)24/h2-16,27H,1H3,(H,31,32)(H,28,29,30). The highest BCUT2D eigenvalue weighted by Gasteiger charge is 2.11. The number of hydrogen-bond donors (Lipinski definition) is 3. The number of benzene rings is 3. The van der Waals surface area contributed by atoms with Crippen LogP contribution in [0.15, 0.2) is 91.4 Å². The van der Waals surface area contributed by atoms with E-state index in [0.29, 0.717) is 17.3 Å². The number of carbonyl (C=O) groups excluding carboxylic acids is 1. The molecule has 3 N–H and O–H groups in total. The Morgan fingerprint density at radius 2 is 1.65 bits per heavy atom. The number of nitrogens with one attached hydrogen (secondary N) is 3. The number of H-pyrrole nitrogens is 1. The molecule has 8 nitrogen and oxygen atoms in total. The molecule has 0 radical (unpaired) electrons. The zero-order valence-electron chi connectivity index (χ0n) is 18.3. The Labute approximate surface area is 195 Å². The zero-order valence-corrected chi connectivity index (χ0v) is 18.3. The molecule has 2 heterocycles. The van der Waals surface area contributed by atoms with Crippen molar-refractivity contribution in [1.82, 2.24) is 15.0 Å². The summed E-state index contributed by atoms with van der Waals surface area (Å²) in [5.41, 5.74) is 3.93. The Balaban J connectivity index is 1.24. The third-order valence-electron chi connectivity index (χ3n) is 5.21. The highest BCUT2D eigenvalue weighted by atomic mass is 16.6. The van der Waals surface area contributed by atoms with E-state index >= 15 is 0 Å². The second kappa shape index (κ2) is 9.33. The van der Waals surface area contributed by atoms with Crippen molar-refractivity contribution in [2.75, 3.05) is 17.7 Å². The van der Waals surface area contributed by atoms with Crippen molar-refractivity contribution in [3.63, 3.8) is 0 Å². The summed E-state index contributed by atoms with van der Waals surface area (Å²) in [6, 6.07) is 24.4. The van der Waals surface area contributed by atoms with Gasteiger partial charge < -0.3 is 19.8 Å². The largest absolute Gasteiger partial charge is 0.496 e. The summed E-state index contributed by atoms with van der Waals surface area (Å²) in [5.74, 6) is 1.85. The molecule has 5 aromatic rings. The lowest BCUT2D eigenvalue weighted by Crippen LogP contribution is -2.16. The van der Waals surface area contributed by atoms with Crippen molar-refractivity contribution in [3.05, 3.63) is 91.4 Å². The molecular formula is C26H21N5O3. The van der Waals surface area contributed by atoms with Crippen LogP contribution in [0.1, 0.15) is 0 Å². The molecule has 0 unspecified atom stereocenters. The molecule has 0 fully saturated rings. The van der Waals surface area contributed by atoms with E-state index in [9.17, 15) is 4.79 Å². The lowest BCUT2D eigenvalue weighted by molar-refractivity contribution is 0.215. The number of nitrogens with zero attached hydrogens (tertiary/aromatic N) is 2. The normalized spacial score (nSPS) is 10.6. The third-order valence-corrected chi connectivity index (χ3v) is 5.21. The Bertz CT molecular complexity index is 1450. The topological polar surface area (TPSA) is 101 Å². The number of hydrogen-bond acceptors (Lipinski definition) is 6. The van der Waals surface area contributed by atoms with Crippen molar-refractivity contribution in [1.29, 1.82) is 0 Å². The average Bonchev–Trinajstić information content (AvgIpc) is 3.28. The molecule has 0 saturated carbocycles. The number of ether oxygens (including phenoxy) is 2. The molecule has 5 rings (SSSR count). The van der Waals surface area contributed by atoms with E-state index in [1.807, 2.05) is 66.7 Å². The number of rotatable bonds is 6. The molecule has 2 aromatic heterocycles. The minimum atomic E-state index is -0.567. The van der Waals surface area contributed by atoms with E-state index in [0.717, 1.165) is 33.6 Å². The van der Waals surface area contributed by atoms with Gasteiger partial charge in [-0.15, -0.1) is 0 Å². The molecule has 0 spiro atoms. The summed E-state index contributed by atoms with van der Waals surface area (Å²) < 4.78 is 10.9. The summed E-state index contributed by atoms with van der Waals surface area (Å²) >= 11 is 0. The monoisotopic (exact) mass is 451 g/mol. The van der Waals surface area contributed by atoms with E-state index < -0.39 is 6.09 Å². The predicted octanol–water partition coefficient (Wildman–Crippen LogP) is 5.99. The van der Waals surface area contributed by atoms with Crippen LogP contribution in [-0.4, -0.2) is 28.2 Å². The lowest BCUT2D eigenvalue weighted by atomic mass is 10.1. The summed E-state index contributed by atoms with van der Waals surface area (Å²) in [6.07, 6.45) is 2.60. The Morgan fingerprint density at radius 1 is 0.882 bits per heavy atom. The second-order valence-corrected chi connectivity index (χ2v) is 7.40. The van der Waals surface area contributed by atoms with E-state index in [-0.39, 0.29) is 0 Å². The fourth-order valence-electron chi connectivity index (χ4n) is 3.59. The second-order valence-electron chi connectivity index (χ2n) is 7.40. The van der Waals surface area contributed by atoms with Crippen molar-refractivity contribution >= 4 is 34.2 Å². The van der Waals surface area contributed by atoms with Crippen molar-refractivity contribution in [3.8, 4) is 22.8 Å². The van der Waals surface area contributed by atoms with E-state index in [4.69, 9.17) is 9.47 Å². The number of methoxy groups -OCH3 is 1. The van der Waals surface area contributed by atoms with Crippen molar-refractivity contribution in [2.24, 2.45) is 0 Å². The first kappa shape index (κ1) is 21.0. The molecule has 168 valence electrons. The molecule has 0 bridgehead atoms. The SMILES string of the molecule is COc1ccccc1-c1cc(Nc2ccc(NC(=O)Oc3c[nH]c4ccccc34)cc2)ncn1. The number of fused-ring (bicyclic) bond motifs is 1. The van der Waals surface area contributed by atoms with Crippen LogP contribution in [0.2, 0.25) is 0 Å². The maximum absolute atomic E-state index is 12.3. The van der Waals surface area contributed by atoms with Gasteiger partial charge in [-0.05, 0) is 48.5 Å². The van der Waals surface area contributed by atoms with Gasteiger partial charge in [-0.2, -0.15) is 0 Å². The molecule has 1 amide bonds. The first-order chi connectivity index (χ1) is 16.7. The molecule has 0 aliphatic rings. The molecule has 0 aliphatic carbocycles. The van der Waals surface area contributed by atoms with Gasteiger partial charge in [0.25, 0.3) is 0 Å². The van der Waals surface area contributed by atoms with Crippen LogP contribution in [0.4, 0.5) is 22.0 Å². The maximum atomic E-state index is 12.3. The lowest BCUT2D eigenvalue weighted by Gasteiger charge is -2.10. The molecule has 0 atom stereocenters. The van der Waals surface area contributed by atoms with Crippen molar-refractivity contribution in [2.45, 2.75) is 0 Å². The first-order valence-corrected chi connectivity index (χ1v) is 10.6. The van der Waals surface area contributed by atoms with Crippen LogP contribution in [0.5, 0.6) is 11.5 Å². The van der Waals surface area contributed by atoms with Gasteiger partial charge in [0.15, 0.2) is 5.75 Å².